The monoisotopic (exact) mass is 431 g/mol. The minimum Gasteiger partial charge on any atom is -0.419 e. The van der Waals surface area contributed by atoms with Crippen LogP contribution in [0.15, 0.2) is 99.8 Å². The molecule has 0 N–H and O–H groups in total. The van der Waals surface area contributed by atoms with Crippen LogP contribution in [0.2, 0.25) is 0 Å². The molecule has 0 amide bonds. The molecule has 31 heavy (non-hydrogen) atoms. The summed E-state index contributed by atoms with van der Waals surface area (Å²) in [7, 11) is -4.17. The number of esters is 1. The van der Waals surface area contributed by atoms with Crippen LogP contribution in [0.1, 0.15) is 16.7 Å². The Morgan fingerprint density at radius 1 is 0.806 bits per heavy atom. The Kier molecular flexibility index (Phi) is 5.35. The van der Waals surface area contributed by atoms with Crippen LogP contribution >= 0.6 is 0 Å². The van der Waals surface area contributed by atoms with Gasteiger partial charge in [0, 0.05) is 11.1 Å². The first-order valence-electron chi connectivity index (χ1n) is 9.40. The molecule has 1 heterocycles. The number of ether oxygens (including phenoxy) is 1. The highest BCUT2D eigenvalue weighted by molar-refractivity contribution is 7.90. The molecule has 0 bridgehead atoms. The lowest BCUT2D eigenvalue weighted by atomic mass is 9.97. The summed E-state index contributed by atoms with van der Waals surface area (Å²) in [6, 6.07) is 23.1. The number of hydrogen-bond donors (Lipinski definition) is 0. The van der Waals surface area contributed by atoms with Gasteiger partial charge in [-0.15, -0.1) is 0 Å². The van der Waals surface area contributed by atoms with Crippen LogP contribution in [-0.2, 0) is 24.3 Å². The summed E-state index contributed by atoms with van der Waals surface area (Å²) >= 11 is 0. The fourth-order valence-electron chi connectivity index (χ4n) is 3.12. The number of carbonyl (C=O) groups excluding carboxylic acids is 2. The maximum atomic E-state index is 13.1. The van der Waals surface area contributed by atoms with Crippen LogP contribution in [-0.4, -0.2) is 25.9 Å². The summed E-state index contributed by atoms with van der Waals surface area (Å²) in [6.45, 7) is 1.84. The number of benzene rings is 3. The number of carbonyl (C=O) groups is 2. The molecule has 3 aromatic rings. The van der Waals surface area contributed by atoms with Crippen LogP contribution in [0, 0.1) is 6.92 Å². The van der Waals surface area contributed by atoms with E-state index < -0.39 is 21.8 Å². The van der Waals surface area contributed by atoms with Gasteiger partial charge < -0.3 is 4.74 Å². The van der Waals surface area contributed by atoms with Gasteiger partial charge in [-0.3, -0.25) is 4.79 Å². The number of hydrogen-bond acceptors (Lipinski definition) is 5. The Morgan fingerprint density at radius 2 is 1.39 bits per heavy atom. The molecule has 0 saturated carbocycles. The van der Waals surface area contributed by atoms with Gasteiger partial charge in [0.2, 0.25) is 0 Å². The third-order valence-electron chi connectivity index (χ3n) is 4.68. The van der Waals surface area contributed by atoms with E-state index in [9.17, 15) is 18.0 Å². The smallest absolute Gasteiger partial charge is 0.385 e. The molecule has 0 fully saturated rings. The maximum absolute atomic E-state index is 13.1. The standard InChI is InChI=1S/C24H17NO5S/c1-16-12-14-19(15-13-16)31(28,29)25-21(17-8-4-2-5-9-17)20-22(26)24(27)30-23(20)18-10-6-3-7-11-18/h2-15H,1H3. The molecule has 6 nitrogen and oxygen atoms in total. The molecule has 0 unspecified atom stereocenters. The number of aryl methyl sites for hydroxylation is 1. The lowest BCUT2D eigenvalue weighted by molar-refractivity contribution is -0.144. The highest BCUT2D eigenvalue weighted by Crippen LogP contribution is 2.31. The lowest BCUT2D eigenvalue weighted by Crippen LogP contribution is -2.18. The molecule has 0 atom stereocenters. The second kappa shape index (κ2) is 8.12. The van der Waals surface area contributed by atoms with Crippen molar-refractivity contribution in [3.8, 4) is 0 Å². The predicted octanol–water partition coefficient (Wildman–Crippen LogP) is 3.71. The van der Waals surface area contributed by atoms with Crippen molar-refractivity contribution in [3.63, 3.8) is 0 Å². The normalized spacial score (nSPS) is 14.7. The van der Waals surface area contributed by atoms with Gasteiger partial charge in [-0.25, -0.2) is 4.79 Å². The minimum atomic E-state index is -4.17. The zero-order valence-corrected chi connectivity index (χ0v) is 17.3. The van der Waals surface area contributed by atoms with Crippen molar-refractivity contribution in [2.75, 3.05) is 0 Å². The van der Waals surface area contributed by atoms with Gasteiger partial charge in [-0.1, -0.05) is 78.4 Å². The van der Waals surface area contributed by atoms with Gasteiger partial charge in [0.05, 0.1) is 10.6 Å². The fraction of sp³-hybridized carbons (Fsp3) is 0.0417. The summed E-state index contributed by atoms with van der Waals surface area (Å²) in [5.74, 6) is -2.04. The second-order valence-corrected chi connectivity index (χ2v) is 8.49. The number of cyclic esters (lactones) is 1. The third-order valence-corrected chi connectivity index (χ3v) is 5.98. The van der Waals surface area contributed by atoms with Crippen molar-refractivity contribution in [2.24, 2.45) is 4.40 Å². The first kappa shape index (κ1) is 20.4. The Hall–Kier alpha value is -3.84. The van der Waals surface area contributed by atoms with Crippen LogP contribution in [0.4, 0.5) is 0 Å². The number of nitrogens with zero attached hydrogens (tertiary/aromatic N) is 1. The van der Waals surface area contributed by atoms with E-state index in [4.69, 9.17) is 4.74 Å². The number of Topliss-reactive ketones (excluding diaryl/α,β-unsaturated/α-hetero) is 1. The highest BCUT2D eigenvalue weighted by atomic mass is 32.2. The molecule has 3 aromatic carbocycles. The van der Waals surface area contributed by atoms with E-state index in [1.165, 1.54) is 12.1 Å². The average Bonchev–Trinajstić information content (AvgIpc) is 3.08. The molecule has 154 valence electrons. The zero-order chi connectivity index (χ0) is 22.0. The molecular formula is C24H17NO5S. The zero-order valence-electron chi connectivity index (χ0n) is 16.5. The Labute approximate surface area is 179 Å². The van der Waals surface area contributed by atoms with Crippen molar-refractivity contribution in [1.29, 1.82) is 0 Å². The topological polar surface area (TPSA) is 89.9 Å². The Balaban J connectivity index is 1.98. The third kappa shape index (κ3) is 4.08. The van der Waals surface area contributed by atoms with Gasteiger partial charge in [0.15, 0.2) is 5.76 Å². The van der Waals surface area contributed by atoms with Crippen molar-refractivity contribution in [1.82, 2.24) is 0 Å². The van der Waals surface area contributed by atoms with Crippen molar-refractivity contribution in [3.05, 3.63) is 107 Å². The first-order valence-corrected chi connectivity index (χ1v) is 10.8. The van der Waals surface area contributed by atoms with Crippen LogP contribution in [0.25, 0.3) is 5.76 Å². The van der Waals surface area contributed by atoms with Crippen LogP contribution in [0.5, 0.6) is 0 Å². The van der Waals surface area contributed by atoms with Crippen molar-refractivity contribution >= 4 is 33.2 Å². The minimum absolute atomic E-state index is 0.0164. The quantitative estimate of drug-likeness (QED) is 0.349. The molecule has 0 spiro atoms. The van der Waals surface area contributed by atoms with Crippen molar-refractivity contribution in [2.45, 2.75) is 11.8 Å². The summed E-state index contributed by atoms with van der Waals surface area (Å²) < 4.78 is 35.4. The summed E-state index contributed by atoms with van der Waals surface area (Å²) in [5.41, 5.74) is 1.40. The maximum Gasteiger partial charge on any atom is 0.385 e. The molecule has 0 radical (unpaired) electrons. The van der Waals surface area contributed by atoms with Gasteiger partial charge in [0.25, 0.3) is 15.8 Å². The first-order chi connectivity index (χ1) is 14.9. The molecule has 0 aliphatic carbocycles. The van der Waals surface area contributed by atoms with E-state index in [2.05, 4.69) is 4.40 Å². The van der Waals surface area contributed by atoms with E-state index in [0.29, 0.717) is 11.1 Å². The van der Waals surface area contributed by atoms with Gasteiger partial charge >= 0.3 is 5.97 Å². The number of ketones is 1. The SMILES string of the molecule is Cc1ccc(S(=O)(=O)N=C(C2=C(c3ccccc3)OC(=O)C2=O)c2ccccc2)cc1. The van der Waals surface area contributed by atoms with Gasteiger partial charge in [0.1, 0.15) is 5.57 Å². The summed E-state index contributed by atoms with van der Waals surface area (Å²) in [4.78, 5) is 24.9. The van der Waals surface area contributed by atoms with E-state index in [-0.39, 0.29) is 21.9 Å². The Bertz CT molecular complexity index is 1320. The largest absolute Gasteiger partial charge is 0.419 e. The summed E-state index contributed by atoms with van der Waals surface area (Å²) in [6.07, 6.45) is 0. The van der Waals surface area contributed by atoms with Crippen LogP contribution < -0.4 is 0 Å². The van der Waals surface area contributed by atoms with Crippen molar-refractivity contribution < 1.29 is 22.7 Å². The molecule has 4 rings (SSSR count). The summed E-state index contributed by atoms with van der Waals surface area (Å²) in [5, 5.41) is 0. The van der Waals surface area contributed by atoms with Gasteiger partial charge in [-0.2, -0.15) is 12.8 Å². The van der Waals surface area contributed by atoms with E-state index >= 15 is 0 Å². The second-order valence-electron chi connectivity index (χ2n) is 6.88. The number of rotatable bonds is 5. The Morgan fingerprint density at radius 3 is 2.00 bits per heavy atom. The molecule has 1 aliphatic heterocycles. The molecule has 0 saturated heterocycles. The van der Waals surface area contributed by atoms with E-state index in [1.807, 2.05) is 6.92 Å². The van der Waals surface area contributed by atoms with Crippen LogP contribution in [0.3, 0.4) is 0 Å². The van der Waals surface area contributed by atoms with E-state index in [0.717, 1.165) is 5.56 Å². The average molecular weight is 431 g/mol. The fourth-order valence-corrected chi connectivity index (χ4v) is 4.15. The number of sulfonamides is 1. The molecular weight excluding hydrogens is 414 g/mol. The molecule has 1 aliphatic rings. The lowest BCUT2D eigenvalue weighted by Gasteiger charge is -2.09. The predicted molar refractivity (Wildman–Crippen MR) is 116 cm³/mol. The molecule has 0 aromatic heterocycles. The highest BCUT2D eigenvalue weighted by Gasteiger charge is 2.39. The van der Waals surface area contributed by atoms with Gasteiger partial charge in [-0.05, 0) is 19.1 Å². The molecule has 7 heteroatoms. The van der Waals surface area contributed by atoms with E-state index in [1.54, 1.807) is 72.8 Å².